The first-order valence-corrected chi connectivity index (χ1v) is 11.5. The maximum absolute atomic E-state index is 12.6. The highest BCUT2D eigenvalue weighted by Crippen LogP contribution is 2.33. The number of fused-ring (bicyclic) bond motifs is 1. The first kappa shape index (κ1) is 22.3. The molecule has 0 fully saturated rings. The minimum atomic E-state index is -0.236. The fourth-order valence-electron chi connectivity index (χ4n) is 4.10. The Balaban J connectivity index is 1.48. The molecule has 0 radical (unpaired) electrons. The second-order valence-corrected chi connectivity index (χ2v) is 8.52. The van der Waals surface area contributed by atoms with E-state index in [2.05, 4.69) is 5.32 Å². The molecule has 174 valence electrons. The fourth-order valence-corrected chi connectivity index (χ4v) is 4.10. The van der Waals surface area contributed by atoms with Gasteiger partial charge < -0.3 is 10.1 Å². The standard InChI is InChI=1S/C29H26N4O2/c1-19-11-10-16-24(21(19)3)30-25(34)18-35-26-17-20(2)27-28(22-12-6-4-7-13-22)32-33(29(27)31-26)23-14-8-5-9-15-23/h4-17H,18H2,1-3H3,(H,30,34). The summed E-state index contributed by atoms with van der Waals surface area (Å²) in [6, 6.07) is 27.6. The molecule has 2 aromatic heterocycles. The average Bonchev–Trinajstić information content (AvgIpc) is 3.27. The van der Waals surface area contributed by atoms with Crippen LogP contribution in [0, 0.1) is 20.8 Å². The van der Waals surface area contributed by atoms with Gasteiger partial charge in [-0.1, -0.05) is 60.7 Å². The normalized spacial score (nSPS) is 10.9. The molecule has 1 amide bonds. The molecule has 0 aliphatic heterocycles. The molecule has 0 saturated carbocycles. The van der Waals surface area contributed by atoms with Gasteiger partial charge in [0.05, 0.1) is 11.1 Å². The van der Waals surface area contributed by atoms with Crippen molar-refractivity contribution in [1.82, 2.24) is 14.8 Å². The molecule has 0 spiro atoms. The number of aromatic nitrogens is 3. The van der Waals surface area contributed by atoms with E-state index in [1.54, 1.807) is 0 Å². The minimum Gasteiger partial charge on any atom is -0.467 e. The van der Waals surface area contributed by atoms with Crippen molar-refractivity contribution in [2.45, 2.75) is 20.8 Å². The smallest absolute Gasteiger partial charge is 0.262 e. The van der Waals surface area contributed by atoms with Crippen molar-refractivity contribution in [2.24, 2.45) is 0 Å². The number of hydrogen-bond donors (Lipinski definition) is 1. The summed E-state index contributed by atoms with van der Waals surface area (Å²) in [5, 5.41) is 8.80. The molecular formula is C29H26N4O2. The molecule has 35 heavy (non-hydrogen) atoms. The van der Waals surface area contributed by atoms with E-state index in [4.69, 9.17) is 14.8 Å². The Morgan fingerprint density at radius 1 is 0.886 bits per heavy atom. The van der Waals surface area contributed by atoms with Crippen molar-refractivity contribution in [3.05, 3.63) is 102 Å². The second kappa shape index (κ2) is 9.43. The van der Waals surface area contributed by atoms with E-state index in [0.29, 0.717) is 11.5 Å². The number of amides is 1. The molecule has 5 rings (SSSR count). The van der Waals surface area contributed by atoms with Crippen LogP contribution in [0.1, 0.15) is 16.7 Å². The summed E-state index contributed by atoms with van der Waals surface area (Å²) >= 11 is 0. The molecule has 0 unspecified atom stereocenters. The van der Waals surface area contributed by atoms with E-state index in [9.17, 15) is 4.79 Å². The highest BCUT2D eigenvalue weighted by molar-refractivity contribution is 5.95. The Hall–Kier alpha value is -4.45. The summed E-state index contributed by atoms with van der Waals surface area (Å²) in [5.41, 5.74) is 7.36. The van der Waals surface area contributed by atoms with Gasteiger partial charge in [-0.2, -0.15) is 10.1 Å². The second-order valence-electron chi connectivity index (χ2n) is 8.52. The third kappa shape index (κ3) is 4.51. The summed E-state index contributed by atoms with van der Waals surface area (Å²) in [7, 11) is 0. The molecule has 6 nitrogen and oxygen atoms in total. The minimum absolute atomic E-state index is 0.143. The molecule has 0 aliphatic carbocycles. The van der Waals surface area contributed by atoms with Crippen molar-refractivity contribution in [3.63, 3.8) is 0 Å². The topological polar surface area (TPSA) is 69.0 Å². The fraction of sp³-hybridized carbons (Fsp3) is 0.138. The zero-order valence-electron chi connectivity index (χ0n) is 19.9. The maximum Gasteiger partial charge on any atom is 0.262 e. The van der Waals surface area contributed by atoms with Gasteiger partial charge >= 0.3 is 0 Å². The molecule has 0 saturated heterocycles. The van der Waals surface area contributed by atoms with Crippen LogP contribution in [-0.4, -0.2) is 27.3 Å². The molecule has 2 heterocycles. The van der Waals surface area contributed by atoms with Crippen LogP contribution in [0.15, 0.2) is 84.9 Å². The van der Waals surface area contributed by atoms with Gasteiger partial charge in [-0.05, 0) is 55.7 Å². The van der Waals surface area contributed by atoms with Gasteiger partial charge in [0, 0.05) is 17.3 Å². The zero-order valence-corrected chi connectivity index (χ0v) is 19.9. The highest BCUT2D eigenvalue weighted by atomic mass is 16.5. The molecule has 1 N–H and O–H groups in total. The number of ether oxygens (including phenoxy) is 1. The van der Waals surface area contributed by atoms with E-state index >= 15 is 0 Å². The molecule has 0 atom stereocenters. The predicted octanol–water partition coefficient (Wildman–Crippen LogP) is 6.03. The van der Waals surface area contributed by atoms with E-state index in [0.717, 1.165) is 44.7 Å². The van der Waals surface area contributed by atoms with E-state index < -0.39 is 0 Å². The van der Waals surface area contributed by atoms with E-state index in [1.165, 1.54) is 0 Å². The molecular weight excluding hydrogens is 436 g/mol. The highest BCUT2D eigenvalue weighted by Gasteiger charge is 2.19. The number of nitrogens with zero attached hydrogens (tertiary/aromatic N) is 3. The SMILES string of the molecule is Cc1cccc(NC(=O)COc2cc(C)c3c(-c4ccccc4)nn(-c4ccccc4)c3n2)c1C. The summed E-state index contributed by atoms with van der Waals surface area (Å²) in [5.74, 6) is 0.141. The Kier molecular flexibility index (Phi) is 6.02. The largest absolute Gasteiger partial charge is 0.467 e. The molecule has 5 aromatic rings. The lowest BCUT2D eigenvalue weighted by molar-refractivity contribution is -0.118. The van der Waals surface area contributed by atoms with Crippen LogP contribution in [0.25, 0.3) is 28.0 Å². The van der Waals surface area contributed by atoms with Crippen LogP contribution in [-0.2, 0) is 4.79 Å². The zero-order chi connectivity index (χ0) is 24.4. The van der Waals surface area contributed by atoms with Crippen molar-refractivity contribution >= 4 is 22.6 Å². The van der Waals surface area contributed by atoms with Crippen LogP contribution in [0.3, 0.4) is 0 Å². The molecule has 0 aliphatic rings. The number of rotatable bonds is 6. The van der Waals surface area contributed by atoms with Gasteiger partial charge in [0.25, 0.3) is 5.91 Å². The monoisotopic (exact) mass is 462 g/mol. The number of anilines is 1. The van der Waals surface area contributed by atoms with Crippen LogP contribution in [0.4, 0.5) is 5.69 Å². The third-order valence-electron chi connectivity index (χ3n) is 6.09. The van der Waals surface area contributed by atoms with Crippen molar-refractivity contribution < 1.29 is 9.53 Å². The first-order valence-electron chi connectivity index (χ1n) is 11.5. The maximum atomic E-state index is 12.6. The van der Waals surface area contributed by atoms with Crippen LogP contribution in [0.5, 0.6) is 5.88 Å². The molecule has 6 heteroatoms. The summed E-state index contributed by atoms with van der Waals surface area (Å²) in [6.45, 7) is 5.87. The average molecular weight is 463 g/mol. The third-order valence-corrected chi connectivity index (χ3v) is 6.09. The van der Waals surface area contributed by atoms with Crippen molar-refractivity contribution in [1.29, 1.82) is 0 Å². The lowest BCUT2D eigenvalue weighted by atomic mass is 10.1. The van der Waals surface area contributed by atoms with Gasteiger partial charge in [0.1, 0.15) is 5.69 Å². The van der Waals surface area contributed by atoms with Crippen molar-refractivity contribution in [2.75, 3.05) is 11.9 Å². The number of benzene rings is 3. The Morgan fingerprint density at radius 2 is 1.60 bits per heavy atom. The van der Waals surface area contributed by atoms with Gasteiger partial charge in [-0.25, -0.2) is 4.68 Å². The first-order chi connectivity index (χ1) is 17.0. The summed E-state index contributed by atoms with van der Waals surface area (Å²) in [6.07, 6.45) is 0. The van der Waals surface area contributed by atoms with Crippen LogP contribution in [0.2, 0.25) is 0 Å². The number of carbonyl (C=O) groups is 1. The Morgan fingerprint density at radius 3 is 2.34 bits per heavy atom. The quantitative estimate of drug-likeness (QED) is 0.334. The summed E-state index contributed by atoms with van der Waals surface area (Å²) < 4.78 is 7.67. The number of para-hydroxylation sites is 1. The van der Waals surface area contributed by atoms with Gasteiger partial charge in [0.15, 0.2) is 12.3 Å². The lowest BCUT2D eigenvalue weighted by Gasteiger charge is -2.11. The number of aryl methyl sites for hydroxylation is 2. The lowest BCUT2D eigenvalue weighted by Crippen LogP contribution is -2.21. The van der Waals surface area contributed by atoms with Crippen molar-refractivity contribution in [3.8, 4) is 22.8 Å². The predicted molar refractivity (Wildman–Crippen MR) is 139 cm³/mol. The van der Waals surface area contributed by atoms with Gasteiger partial charge in [-0.15, -0.1) is 0 Å². The van der Waals surface area contributed by atoms with Gasteiger partial charge in [-0.3, -0.25) is 4.79 Å². The summed E-state index contributed by atoms with van der Waals surface area (Å²) in [4.78, 5) is 17.4. The Labute approximate surface area is 204 Å². The van der Waals surface area contributed by atoms with Crippen LogP contribution < -0.4 is 10.1 Å². The number of carbonyl (C=O) groups excluding carboxylic acids is 1. The van der Waals surface area contributed by atoms with E-state index in [-0.39, 0.29) is 12.5 Å². The Bertz CT molecular complexity index is 1510. The van der Waals surface area contributed by atoms with Crippen LogP contribution >= 0.6 is 0 Å². The molecule has 3 aromatic carbocycles. The number of nitrogens with one attached hydrogen (secondary N) is 1. The number of hydrogen-bond acceptors (Lipinski definition) is 4. The molecule has 0 bridgehead atoms. The van der Waals surface area contributed by atoms with Gasteiger partial charge in [0.2, 0.25) is 5.88 Å². The number of pyridine rings is 1. The van der Waals surface area contributed by atoms with E-state index in [1.807, 2.05) is 110 Å².